The summed E-state index contributed by atoms with van der Waals surface area (Å²) in [6.07, 6.45) is 0. The third kappa shape index (κ3) is 3.96. The number of nitrogens with zero attached hydrogens (tertiary/aromatic N) is 1. The van der Waals surface area contributed by atoms with Crippen LogP contribution in [0, 0.1) is 0 Å². The van der Waals surface area contributed by atoms with E-state index in [2.05, 4.69) is 25.8 Å². The standard InChI is InChI=1S/C14H19ClN2O2/c1-14(2,3)10-6-5-9(13(18)19-4)7-11(10)17-12(16)8-15/h5-7H,8H2,1-4H3,(H2,16,17). The van der Waals surface area contributed by atoms with Gasteiger partial charge in [0.2, 0.25) is 0 Å². The average molecular weight is 283 g/mol. The number of methoxy groups -OCH3 is 1. The highest BCUT2D eigenvalue weighted by Crippen LogP contribution is 2.32. The van der Waals surface area contributed by atoms with Crippen molar-refractivity contribution in [3.63, 3.8) is 0 Å². The molecule has 0 aromatic heterocycles. The first-order valence-electron chi connectivity index (χ1n) is 5.91. The number of aliphatic imine (C=N–C) groups is 1. The van der Waals surface area contributed by atoms with Gasteiger partial charge in [0.25, 0.3) is 0 Å². The molecule has 19 heavy (non-hydrogen) atoms. The molecule has 1 aromatic rings. The van der Waals surface area contributed by atoms with Gasteiger partial charge in [-0.2, -0.15) is 0 Å². The molecule has 1 rings (SSSR count). The topological polar surface area (TPSA) is 64.7 Å². The van der Waals surface area contributed by atoms with E-state index in [-0.39, 0.29) is 11.3 Å². The summed E-state index contributed by atoms with van der Waals surface area (Å²) in [5.74, 6) is 0.0574. The van der Waals surface area contributed by atoms with Crippen LogP contribution in [0.5, 0.6) is 0 Å². The van der Waals surface area contributed by atoms with Gasteiger partial charge < -0.3 is 10.5 Å². The van der Waals surface area contributed by atoms with Gasteiger partial charge in [-0.3, -0.25) is 0 Å². The number of halogens is 1. The molecular weight excluding hydrogens is 264 g/mol. The lowest BCUT2D eigenvalue weighted by Crippen LogP contribution is -2.15. The number of esters is 1. The van der Waals surface area contributed by atoms with Crippen LogP contribution in [0.4, 0.5) is 5.69 Å². The van der Waals surface area contributed by atoms with Crippen LogP contribution < -0.4 is 5.73 Å². The van der Waals surface area contributed by atoms with Gasteiger partial charge in [-0.25, -0.2) is 9.79 Å². The Labute approximate surface area is 118 Å². The van der Waals surface area contributed by atoms with Crippen molar-refractivity contribution >= 4 is 29.1 Å². The van der Waals surface area contributed by atoms with Crippen molar-refractivity contribution in [2.24, 2.45) is 10.7 Å². The van der Waals surface area contributed by atoms with Gasteiger partial charge in [0.1, 0.15) is 5.84 Å². The summed E-state index contributed by atoms with van der Waals surface area (Å²) in [6, 6.07) is 5.26. The van der Waals surface area contributed by atoms with Crippen molar-refractivity contribution < 1.29 is 9.53 Å². The van der Waals surface area contributed by atoms with Gasteiger partial charge in [0, 0.05) is 0 Å². The molecule has 0 saturated carbocycles. The summed E-state index contributed by atoms with van der Waals surface area (Å²) in [7, 11) is 1.34. The first-order chi connectivity index (χ1) is 8.79. The van der Waals surface area contributed by atoms with Crippen molar-refractivity contribution in [2.75, 3.05) is 13.0 Å². The molecule has 5 heteroatoms. The molecule has 0 atom stereocenters. The SMILES string of the molecule is COC(=O)c1ccc(C(C)(C)C)c(N=C(N)CCl)c1. The van der Waals surface area contributed by atoms with E-state index in [1.54, 1.807) is 12.1 Å². The summed E-state index contributed by atoms with van der Waals surface area (Å²) < 4.78 is 4.70. The largest absolute Gasteiger partial charge is 0.465 e. The summed E-state index contributed by atoms with van der Waals surface area (Å²) >= 11 is 5.65. The van der Waals surface area contributed by atoms with Crippen LogP contribution in [0.3, 0.4) is 0 Å². The highest BCUT2D eigenvalue weighted by Gasteiger charge is 2.19. The minimum atomic E-state index is -0.402. The van der Waals surface area contributed by atoms with Gasteiger partial charge in [-0.15, -0.1) is 11.6 Å². The molecule has 104 valence electrons. The number of carbonyl (C=O) groups is 1. The predicted octanol–water partition coefficient (Wildman–Crippen LogP) is 3.00. The Bertz CT molecular complexity index is 505. The van der Waals surface area contributed by atoms with E-state index < -0.39 is 5.97 Å². The van der Waals surface area contributed by atoms with Crippen LogP contribution in [0.15, 0.2) is 23.2 Å². The fourth-order valence-electron chi connectivity index (χ4n) is 1.69. The summed E-state index contributed by atoms with van der Waals surface area (Å²) in [5, 5.41) is 0. The molecule has 4 nitrogen and oxygen atoms in total. The second-order valence-corrected chi connectivity index (χ2v) is 5.48. The van der Waals surface area contributed by atoms with Crippen LogP contribution in [0.1, 0.15) is 36.7 Å². The maximum Gasteiger partial charge on any atom is 0.337 e. The molecular formula is C14H19ClN2O2. The van der Waals surface area contributed by atoms with Crippen LogP contribution in [-0.2, 0) is 10.2 Å². The first kappa shape index (κ1) is 15.5. The van der Waals surface area contributed by atoms with E-state index in [0.717, 1.165) is 5.56 Å². The first-order valence-corrected chi connectivity index (χ1v) is 6.45. The lowest BCUT2D eigenvalue weighted by molar-refractivity contribution is 0.0600. The van der Waals surface area contributed by atoms with Gasteiger partial charge >= 0.3 is 5.97 Å². The molecule has 0 aliphatic heterocycles. The van der Waals surface area contributed by atoms with Crippen molar-refractivity contribution in [2.45, 2.75) is 26.2 Å². The van der Waals surface area contributed by atoms with E-state index >= 15 is 0 Å². The lowest BCUT2D eigenvalue weighted by Gasteiger charge is -2.21. The second-order valence-electron chi connectivity index (χ2n) is 5.21. The molecule has 0 aliphatic rings. The molecule has 0 bridgehead atoms. The predicted molar refractivity (Wildman–Crippen MR) is 78.5 cm³/mol. The van der Waals surface area contributed by atoms with Crippen LogP contribution >= 0.6 is 11.6 Å². The van der Waals surface area contributed by atoms with E-state index in [1.807, 2.05) is 6.07 Å². The van der Waals surface area contributed by atoms with Gasteiger partial charge in [-0.1, -0.05) is 26.8 Å². The Hall–Kier alpha value is -1.55. The Morgan fingerprint density at radius 1 is 1.42 bits per heavy atom. The fraction of sp³-hybridized carbons (Fsp3) is 0.429. The number of alkyl halides is 1. The van der Waals surface area contributed by atoms with E-state index in [4.69, 9.17) is 22.1 Å². The maximum atomic E-state index is 11.6. The minimum Gasteiger partial charge on any atom is -0.465 e. The number of hydrogen-bond donors (Lipinski definition) is 1. The minimum absolute atomic E-state index is 0.111. The zero-order chi connectivity index (χ0) is 14.6. The number of ether oxygens (including phenoxy) is 1. The van der Waals surface area contributed by atoms with Crippen LogP contribution in [0.25, 0.3) is 0 Å². The molecule has 0 unspecified atom stereocenters. The summed E-state index contributed by atoms with van der Waals surface area (Å²) in [5.41, 5.74) is 7.65. The second kappa shape index (κ2) is 6.06. The smallest absolute Gasteiger partial charge is 0.337 e. The molecule has 0 saturated heterocycles. The van der Waals surface area contributed by atoms with Crippen molar-refractivity contribution in [3.05, 3.63) is 29.3 Å². The van der Waals surface area contributed by atoms with E-state index in [0.29, 0.717) is 17.1 Å². The monoisotopic (exact) mass is 282 g/mol. The zero-order valence-corrected chi connectivity index (χ0v) is 12.4. The van der Waals surface area contributed by atoms with Crippen molar-refractivity contribution in [1.29, 1.82) is 0 Å². The highest BCUT2D eigenvalue weighted by molar-refractivity contribution is 6.28. The number of benzene rings is 1. The number of hydrogen-bond acceptors (Lipinski definition) is 3. The Morgan fingerprint density at radius 3 is 2.53 bits per heavy atom. The van der Waals surface area contributed by atoms with Crippen LogP contribution in [-0.4, -0.2) is 24.8 Å². The number of rotatable bonds is 3. The van der Waals surface area contributed by atoms with E-state index in [1.165, 1.54) is 7.11 Å². The number of amidine groups is 1. The number of nitrogens with two attached hydrogens (primary N) is 1. The van der Waals surface area contributed by atoms with Gasteiger partial charge in [-0.05, 0) is 23.1 Å². The molecule has 0 fully saturated rings. The Kier molecular flexibility index (Phi) is 4.95. The highest BCUT2D eigenvalue weighted by atomic mass is 35.5. The lowest BCUT2D eigenvalue weighted by atomic mass is 9.85. The summed E-state index contributed by atoms with van der Waals surface area (Å²) in [4.78, 5) is 15.8. The van der Waals surface area contributed by atoms with Gasteiger partial charge in [0.15, 0.2) is 0 Å². The van der Waals surface area contributed by atoms with Crippen molar-refractivity contribution in [3.8, 4) is 0 Å². The van der Waals surface area contributed by atoms with Gasteiger partial charge in [0.05, 0.1) is 24.2 Å². The molecule has 1 aromatic carbocycles. The number of carbonyl (C=O) groups excluding carboxylic acids is 1. The Balaban J connectivity index is 3.39. The molecule has 0 amide bonds. The third-order valence-electron chi connectivity index (χ3n) is 2.63. The molecule has 0 heterocycles. The average Bonchev–Trinajstić information content (AvgIpc) is 2.36. The quantitative estimate of drug-likeness (QED) is 0.401. The zero-order valence-electron chi connectivity index (χ0n) is 11.7. The van der Waals surface area contributed by atoms with Crippen molar-refractivity contribution in [1.82, 2.24) is 0 Å². The summed E-state index contributed by atoms with van der Waals surface area (Å²) in [6.45, 7) is 6.20. The Morgan fingerprint density at radius 2 is 2.05 bits per heavy atom. The van der Waals surface area contributed by atoms with Crippen LogP contribution in [0.2, 0.25) is 0 Å². The molecule has 0 radical (unpaired) electrons. The third-order valence-corrected chi connectivity index (χ3v) is 2.90. The normalized spacial score (nSPS) is 12.4. The molecule has 2 N–H and O–H groups in total. The molecule has 0 aliphatic carbocycles. The van der Waals surface area contributed by atoms with E-state index in [9.17, 15) is 4.79 Å². The maximum absolute atomic E-state index is 11.6. The molecule has 0 spiro atoms. The fourth-order valence-corrected chi connectivity index (χ4v) is 1.75.